The van der Waals surface area contributed by atoms with Crippen molar-refractivity contribution in [3.8, 4) is 0 Å². The summed E-state index contributed by atoms with van der Waals surface area (Å²) in [5, 5.41) is 5.15. The Labute approximate surface area is 140 Å². The van der Waals surface area contributed by atoms with Gasteiger partial charge >= 0.3 is 0 Å². The third kappa shape index (κ3) is 3.07. The van der Waals surface area contributed by atoms with Crippen LogP contribution in [0, 0.1) is 0 Å². The third-order valence-corrected chi connectivity index (χ3v) is 4.64. The van der Waals surface area contributed by atoms with Gasteiger partial charge in [0.15, 0.2) is 0 Å². The molecule has 3 heterocycles. The van der Waals surface area contributed by atoms with Crippen LogP contribution in [0.5, 0.6) is 0 Å². The number of rotatable bonds is 4. The summed E-state index contributed by atoms with van der Waals surface area (Å²) in [5.41, 5.74) is 7.02. The molecule has 0 bridgehead atoms. The van der Waals surface area contributed by atoms with E-state index in [0.717, 1.165) is 36.2 Å². The molecule has 0 saturated carbocycles. The lowest BCUT2D eigenvalue weighted by molar-refractivity contribution is 0.119. The summed E-state index contributed by atoms with van der Waals surface area (Å²) in [5.74, 6) is 1.34. The quantitative estimate of drug-likeness (QED) is 0.789. The zero-order chi connectivity index (χ0) is 16.4. The van der Waals surface area contributed by atoms with E-state index < -0.39 is 0 Å². The largest absolute Gasteiger partial charge is 0.383 e. The van der Waals surface area contributed by atoms with E-state index in [2.05, 4.69) is 20.0 Å². The molecule has 1 aliphatic heterocycles. The van der Waals surface area contributed by atoms with Gasteiger partial charge in [-0.2, -0.15) is 5.10 Å². The van der Waals surface area contributed by atoms with Gasteiger partial charge in [-0.15, -0.1) is 0 Å². The van der Waals surface area contributed by atoms with Crippen molar-refractivity contribution >= 4 is 16.7 Å². The Morgan fingerprint density at radius 3 is 2.96 bits per heavy atom. The van der Waals surface area contributed by atoms with E-state index in [-0.39, 0.29) is 0 Å². The number of hydrogen-bond donors (Lipinski definition) is 1. The number of anilines is 1. The second-order valence-corrected chi connectivity index (χ2v) is 6.28. The third-order valence-electron chi connectivity index (χ3n) is 4.64. The van der Waals surface area contributed by atoms with Crippen molar-refractivity contribution in [1.29, 1.82) is 0 Å². The first-order valence-electron chi connectivity index (χ1n) is 8.37. The number of benzene rings is 1. The molecule has 0 aliphatic carbocycles. The first-order valence-corrected chi connectivity index (χ1v) is 8.37. The van der Waals surface area contributed by atoms with E-state index in [4.69, 9.17) is 10.7 Å². The fraction of sp³-hybridized carbons (Fsp3) is 0.412. The van der Waals surface area contributed by atoms with Gasteiger partial charge in [0.25, 0.3) is 0 Å². The zero-order valence-electron chi connectivity index (χ0n) is 13.5. The normalized spacial score (nSPS) is 18.9. The average molecular weight is 323 g/mol. The highest BCUT2D eigenvalue weighted by Gasteiger charge is 2.24. The van der Waals surface area contributed by atoms with Gasteiger partial charge in [-0.25, -0.2) is 15.0 Å². The average Bonchev–Trinajstić information content (AvgIpc) is 3.10. The molecule has 2 N–H and O–H groups in total. The van der Waals surface area contributed by atoms with Gasteiger partial charge < -0.3 is 5.73 Å². The highest BCUT2D eigenvalue weighted by atomic mass is 15.3. The minimum Gasteiger partial charge on any atom is -0.383 e. The predicted octanol–water partition coefficient (Wildman–Crippen LogP) is 1.86. The van der Waals surface area contributed by atoms with Crippen LogP contribution in [0.2, 0.25) is 0 Å². The Kier molecular flexibility index (Phi) is 4.08. The number of aromatic nitrogens is 5. The minimum absolute atomic E-state index is 0.428. The van der Waals surface area contributed by atoms with E-state index in [1.807, 2.05) is 28.9 Å². The summed E-state index contributed by atoms with van der Waals surface area (Å²) < 4.78 is 1.90. The second-order valence-electron chi connectivity index (χ2n) is 6.28. The molecule has 1 aromatic carbocycles. The van der Waals surface area contributed by atoms with E-state index >= 15 is 0 Å². The molecule has 1 atom stereocenters. The molecule has 0 spiro atoms. The fourth-order valence-electron chi connectivity index (χ4n) is 3.42. The summed E-state index contributed by atoms with van der Waals surface area (Å²) in [7, 11) is 0. The van der Waals surface area contributed by atoms with Gasteiger partial charge in [-0.3, -0.25) is 9.58 Å². The zero-order valence-corrected chi connectivity index (χ0v) is 13.5. The SMILES string of the molecule is Nc1nc(CN2CCCCC2Cn2cncn2)nc2ccccc12. The Hall–Kier alpha value is -2.54. The van der Waals surface area contributed by atoms with Crippen molar-refractivity contribution in [3.05, 3.63) is 42.7 Å². The molecule has 3 aromatic rings. The van der Waals surface area contributed by atoms with Crippen LogP contribution in [-0.2, 0) is 13.1 Å². The van der Waals surface area contributed by atoms with Gasteiger partial charge in [0.2, 0.25) is 0 Å². The highest BCUT2D eigenvalue weighted by Crippen LogP contribution is 2.22. The summed E-state index contributed by atoms with van der Waals surface area (Å²) in [6.07, 6.45) is 6.97. The van der Waals surface area contributed by atoms with Gasteiger partial charge in [-0.05, 0) is 31.5 Å². The number of nitrogens with two attached hydrogens (primary N) is 1. The van der Waals surface area contributed by atoms with Crippen LogP contribution >= 0.6 is 0 Å². The van der Waals surface area contributed by atoms with Crippen LogP contribution in [-0.4, -0.2) is 42.2 Å². The first-order chi connectivity index (χ1) is 11.8. The fourth-order valence-corrected chi connectivity index (χ4v) is 3.42. The van der Waals surface area contributed by atoms with Crippen LogP contribution in [0.4, 0.5) is 5.82 Å². The maximum atomic E-state index is 6.11. The number of likely N-dealkylation sites (tertiary alicyclic amines) is 1. The molecule has 2 aromatic heterocycles. The lowest BCUT2D eigenvalue weighted by Crippen LogP contribution is -2.42. The maximum absolute atomic E-state index is 6.11. The Morgan fingerprint density at radius 2 is 2.08 bits per heavy atom. The molecule has 1 unspecified atom stereocenters. The van der Waals surface area contributed by atoms with Crippen molar-refractivity contribution in [2.75, 3.05) is 12.3 Å². The number of para-hydroxylation sites is 1. The van der Waals surface area contributed by atoms with Crippen LogP contribution in [0.1, 0.15) is 25.1 Å². The molecular formula is C17H21N7. The van der Waals surface area contributed by atoms with Crippen molar-refractivity contribution in [1.82, 2.24) is 29.6 Å². The number of piperidine rings is 1. The number of fused-ring (bicyclic) bond motifs is 1. The maximum Gasteiger partial charge on any atom is 0.145 e. The lowest BCUT2D eigenvalue weighted by Gasteiger charge is -2.35. The molecule has 1 aliphatic rings. The van der Waals surface area contributed by atoms with E-state index in [1.165, 1.54) is 12.8 Å². The topological polar surface area (TPSA) is 85.8 Å². The van der Waals surface area contributed by atoms with Crippen molar-refractivity contribution in [3.63, 3.8) is 0 Å². The Balaban J connectivity index is 1.56. The minimum atomic E-state index is 0.428. The van der Waals surface area contributed by atoms with Crippen LogP contribution in [0.25, 0.3) is 10.9 Å². The number of hydrogen-bond acceptors (Lipinski definition) is 6. The van der Waals surface area contributed by atoms with Crippen molar-refractivity contribution in [2.24, 2.45) is 0 Å². The molecular weight excluding hydrogens is 302 g/mol. The van der Waals surface area contributed by atoms with Gasteiger partial charge in [0.05, 0.1) is 18.6 Å². The van der Waals surface area contributed by atoms with Crippen LogP contribution in [0.15, 0.2) is 36.9 Å². The van der Waals surface area contributed by atoms with Gasteiger partial charge in [0.1, 0.15) is 24.3 Å². The molecule has 24 heavy (non-hydrogen) atoms. The van der Waals surface area contributed by atoms with Crippen molar-refractivity contribution < 1.29 is 0 Å². The van der Waals surface area contributed by atoms with Gasteiger partial charge in [0, 0.05) is 11.4 Å². The first kappa shape index (κ1) is 15.0. The second kappa shape index (κ2) is 6.52. The van der Waals surface area contributed by atoms with Crippen LogP contribution < -0.4 is 5.73 Å². The molecule has 7 heteroatoms. The molecule has 1 saturated heterocycles. The van der Waals surface area contributed by atoms with E-state index in [0.29, 0.717) is 18.4 Å². The number of nitrogen functional groups attached to an aromatic ring is 1. The molecule has 7 nitrogen and oxygen atoms in total. The monoisotopic (exact) mass is 323 g/mol. The lowest BCUT2D eigenvalue weighted by atomic mass is 10.0. The molecule has 1 fully saturated rings. The van der Waals surface area contributed by atoms with Crippen LogP contribution in [0.3, 0.4) is 0 Å². The molecule has 0 amide bonds. The molecule has 0 radical (unpaired) electrons. The smallest absolute Gasteiger partial charge is 0.145 e. The summed E-state index contributed by atoms with van der Waals surface area (Å²) in [6.45, 7) is 2.62. The highest BCUT2D eigenvalue weighted by molar-refractivity contribution is 5.87. The molecule has 4 rings (SSSR count). The summed E-state index contributed by atoms with van der Waals surface area (Å²) in [4.78, 5) is 15.7. The Morgan fingerprint density at radius 1 is 1.17 bits per heavy atom. The Bertz CT molecular complexity index is 815. The number of nitrogens with zero attached hydrogens (tertiary/aromatic N) is 6. The summed E-state index contributed by atoms with van der Waals surface area (Å²) >= 11 is 0. The van der Waals surface area contributed by atoms with Crippen molar-refractivity contribution in [2.45, 2.75) is 38.4 Å². The summed E-state index contributed by atoms with van der Waals surface area (Å²) in [6, 6.07) is 8.31. The van der Waals surface area contributed by atoms with Gasteiger partial charge in [-0.1, -0.05) is 18.6 Å². The molecule has 124 valence electrons. The van der Waals surface area contributed by atoms with E-state index in [9.17, 15) is 0 Å². The predicted molar refractivity (Wildman–Crippen MR) is 92.0 cm³/mol. The van der Waals surface area contributed by atoms with E-state index in [1.54, 1.807) is 12.7 Å². The standard InChI is InChI=1S/C17H21N7/c18-17-14-6-1-2-7-15(14)21-16(22-17)10-23-8-4-3-5-13(23)9-24-12-19-11-20-24/h1-2,6-7,11-13H,3-5,8-10H2,(H2,18,21,22).